The number of hydrogen-bond donors (Lipinski definition) is 1. The molecule has 0 fully saturated rings. The molecule has 0 unspecified atom stereocenters. The Morgan fingerprint density at radius 2 is 1.56 bits per heavy atom. The molecule has 0 aliphatic carbocycles. The number of aryl methyl sites for hydroxylation is 2. The van der Waals surface area contributed by atoms with E-state index in [1.54, 1.807) is 6.20 Å². The van der Waals surface area contributed by atoms with Gasteiger partial charge in [-0.2, -0.15) is 4.98 Å². The molecule has 2 aromatic heterocycles. The van der Waals surface area contributed by atoms with Crippen molar-refractivity contribution in [1.29, 1.82) is 0 Å². The summed E-state index contributed by atoms with van der Waals surface area (Å²) >= 11 is 0. The Kier molecular flexibility index (Phi) is 5.03. The van der Waals surface area contributed by atoms with Gasteiger partial charge in [0.2, 0.25) is 0 Å². The van der Waals surface area contributed by atoms with Crippen LogP contribution in [0.1, 0.15) is 17.0 Å². The Morgan fingerprint density at radius 3 is 2.26 bits per heavy atom. The van der Waals surface area contributed by atoms with Crippen molar-refractivity contribution in [3.63, 3.8) is 0 Å². The second-order valence-corrected chi connectivity index (χ2v) is 6.29. The Morgan fingerprint density at radius 1 is 0.778 bits per heavy atom. The first kappa shape index (κ1) is 17.1. The molecular weight excluding hydrogens is 338 g/mol. The molecule has 4 aromatic rings. The molecule has 0 atom stereocenters. The van der Waals surface area contributed by atoms with Crippen molar-refractivity contribution in [3.05, 3.63) is 89.9 Å². The van der Waals surface area contributed by atoms with Gasteiger partial charge < -0.3 is 9.63 Å². The molecule has 5 heteroatoms. The molecule has 0 amide bonds. The first-order chi connectivity index (χ1) is 13.3. The fourth-order valence-electron chi connectivity index (χ4n) is 2.85. The van der Waals surface area contributed by atoms with Crippen LogP contribution in [0.4, 0.5) is 0 Å². The number of aromatic nitrogens is 3. The van der Waals surface area contributed by atoms with E-state index < -0.39 is 0 Å². The van der Waals surface area contributed by atoms with Gasteiger partial charge in [0.25, 0.3) is 5.89 Å². The third kappa shape index (κ3) is 4.10. The SMILES string of the molecule is OCc1ccc(-c2ccc(-c3nc(CCc4ccccc4)no3)cn2)cc1. The summed E-state index contributed by atoms with van der Waals surface area (Å²) in [5.41, 5.74) is 4.77. The van der Waals surface area contributed by atoms with Gasteiger partial charge in [-0.3, -0.25) is 4.98 Å². The first-order valence-corrected chi connectivity index (χ1v) is 8.85. The molecule has 134 valence electrons. The van der Waals surface area contributed by atoms with Crippen LogP contribution in [-0.2, 0) is 19.4 Å². The van der Waals surface area contributed by atoms with Crippen LogP contribution >= 0.6 is 0 Å². The lowest BCUT2D eigenvalue weighted by Crippen LogP contribution is -1.93. The van der Waals surface area contributed by atoms with Gasteiger partial charge in [0, 0.05) is 18.2 Å². The number of benzene rings is 2. The zero-order valence-electron chi connectivity index (χ0n) is 14.7. The van der Waals surface area contributed by atoms with E-state index in [1.807, 2.05) is 54.6 Å². The average Bonchev–Trinajstić information content (AvgIpc) is 3.22. The van der Waals surface area contributed by atoms with Crippen molar-refractivity contribution in [2.45, 2.75) is 19.4 Å². The highest BCUT2D eigenvalue weighted by Gasteiger charge is 2.10. The number of hydrogen-bond acceptors (Lipinski definition) is 5. The maximum absolute atomic E-state index is 9.13. The molecule has 0 saturated heterocycles. The second-order valence-electron chi connectivity index (χ2n) is 6.29. The smallest absolute Gasteiger partial charge is 0.259 e. The standard InChI is InChI=1S/C22H19N3O2/c26-15-17-6-9-18(10-7-17)20-12-11-19(14-23-20)22-24-21(25-27-22)13-8-16-4-2-1-3-5-16/h1-7,9-12,14,26H,8,13,15H2. The first-order valence-electron chi connectivity index (χ1n) is 8.85. The number of nitrogens with zero attached hydrogens (tertiary/aromatic N) is 3. The summed E-state index contributed by atoms with van der Waals surface area (Å²) in [5.74, 6) is 1.17. The summed E-state index contributed by atoms with van der Waals surface area (Å²) in [6, 6.07) is 21.8. The molecule has 0 aliphatic heterocycles. The molecule has 0 saturated carbocycles. The molecule has 2 aromatic carbocycles. The molecule has 5 nitrogen and oxygen atoms in total. The summed E-state index contributed by atoms with van der Waals surface area (Å²) in [7, 11) is 0. The van der Waals surface area contributed by atoms with E-state index in [0.29, 0.717) is 11.7 Å². The van der Waals surface area contributed by atoms with Crippen LogP contribution in [0, 0.1) is 0 Å². The topological polar surface area (TPSA) is 72.0 Å². The zero-order chi connectivity index (χ0) is 18.5. The van der Waals surface area contributed by atoms with Crippen molar-refractivity contribution in [2.75, 3.05) is 0 Å². The molecule has 4 rings (SSSR count). The largest absolute Gasteiger partial charge is 0.392 e. The summed E-state index contributed by atoms with van der Waals surface area (Å²) < 4.78 is 5.39. The zero-order valence-corrected chi connectivity index (χ0v) is 14.7. The van der Waals surface area contributed by atoms with E-state index in [-0.39, 0.29) is 6.61 Å². The van der Waals surface area contributed by atoms with Gasteiger partial charge in [-0.15, -0.1) is 0 Å². The number of aliphatic hydroxyl groups excluding tert-OH is 1. The average molecular weight is 357 g/mol. The van der Waals surface area contributed by atoms with Gasteiger partial charge in [0.05, 0.1) is 17.9 Å². The summed E-state index contributed by atoms with van der Waals surface area (Å²) in [6.45, 7) is 0.0381. The van der Waals surface area contributed by atoms with E-state index in [2.05, 4.69) is 27.3 Å². The highest BCUT2D eigenvalue weighted by atomic mass is 16.5. The van der Waals surface area contributed by atoms with Crippen LogP contribution < -0.4 is 0 Å². The Hall–Kier alpha value is -3.31. The van der Waals surface area contributed by atoms with Crippen LogP contribution in [0.5, 0.6) is 0 Å². The van der Waals surface area contributed by atoms with Crippen LogP contribution in [-0.4, -0.2) is 20.2 Å². The summed E-state index contributed by atoms with van der Waals surface area (Å²) in [4.78, 5) is 8.97. The normalized spacial score (nSPS) is 10.9. The molecule has 0 bridgehead atoms. The molecule has 27 heavy (non-hydrogen) atoms. The lowest BCUT2D eigenvalue weighted by atomic mass is 10.1. The molecule has 0 spiro atoms. The van der Waals surface area contributed by atoms with Crippen molar-refractivity contribution in [2.24, 2.45) is 0 Å². The van der Waals surface area contributed by atoms with E-state index in [0.717, 1.165) is 35.2 Å². The van der Waals surface area contributed by atoms with E-state index in [4.69, 9.17) is 9.63 Å². The second kappa shape index (κ2) is 7.93. The fraction of sp³-hybridized carbons (Fsp3) is 0.136. The van der Waals surface area contributed by atoms with Crippen LogP contribution in [0.2, 0.25) is 0 Å². The van der Waals surface area contributed by atoms with Gasteiger partial charge >= 0.3 is 0 Å². The van der Waals surface area contributed by atoms with Gasteiger partial charge in [-0.25, -0.2) is 0 Å². The lowest BCUT2D eigenvalue weighted by molar-refractivity contribution is 0.282. The van der Waals surface area contributed by atoms with E-state index >= 15 is 0 Å². The third-order valence-corrected chi connectivity index (χ3v) is 4.39. The number of pyridine rings is 1. The van der Waals surface area contributed by atoms with E-state index in [1.165, 1.54) is 5.56 Å². The molecular formula is C22H19N3O2. The predicted molar refractivity (Wildman–Crippen MR) is 103 cm³/mol. The van der Waals surface area contributed by atoms with Gasteiger partial charge in [0.1, 0.15) is 0 Å². The molecule has 1 N–H and O–H groups in total. The highest BCUT2D eigenvalue weighted by molar-refractivity contribution is 5.62. The summed E-state index contributed by atoms with van der Waals surface area (Å²) in [5, 5.41) is 13.2. The lowest BCUT2D eigenvalue weighted by Gasteiger charge is -2.02. The maximum Gasteiger partial charge on any atom is 0.259 e. The fourth-order valence-corrected chi connectivity index (χ4v) is 2.85. The summed E-state index contributed by atoms with van der Waals surface area (Å²) in [6.07, 6.45) is 3.35. The predicted octanol–water partition coefficient (Wildman–Crippen LogP) is 4.08. The molecule has 0 aliphatic rings. The minimum absolute atomic E-state index is 0.0381. The molecule has 2 heterocycles. The monoisotopic (exact) mass is 357 g/mol. The Bertz CT molecular complexity index is 994. The van der Waals surface area contributed by atoms with Crippen molar-refractivity contribution < 1.29 is 9.63 Å². The van der Waals surface area contributed by atoms with Crippen LogP contribution in [0.25, 0.3) is 22.7 Å². The Labute approximate surface area is 157 Å². The number of aliphatic hydroxyl groups is 1. The van der Waals surface area contributed by atoms with Crippen molar-refractivity contribution >= 4 is 0 Å². The highest BCUT2D eigenvalue weighted by Crippen LogP contribution is 2.22. The quantitative estimate of drug-likeness (QED) is 0.563. The van der Waals surface area contributed by atoms with Crippen molar-refractivity contribution in [3.8, 4) is 22.7 Å². The third-order valence-electron chi connectivity index (χ3n) is 4.39. The van der Waals surface area contributed by atoms with Crippen LogP contribution in [0.3, 0.4) is 0 Å². The van der Waals surface area contributed by atoms with Crippen molar-refractivity contribution in [1.82, 2.24) is 15.1 Å². The minimum atomic E-state index is 0.0381. The molecule has 0 radical (unpaired) electrons. The number of rotatable bonds is 6. The van der Waals surface area contributed by atoms with Gasteiger partial charge in [-0.1, -0.05) is 59.8 Å². The van der Waals surface area contributed by atoms with Crippen LogP contribution in [0.15, 0.2) is 77.4 Å². The van der Waals surface area contributed by atoms with E-state index in [9.17, 15) is 0 Å². The minimum Gasteiger partial charge on any atom is -0.392 e. The Balaban J connectivity index is 1.45. The maximum atomic E-state index is 9.13. The van der Waals surface area contributed by atoms with Gasteiger partial charge in [-0.05, 0) is 29.7 Å². The van der Waals surface area contributed by atoms with Gasteiger partial charge in [0.15, 0.2) is 5.82 Å².